The van der Waals surface area contributed by atoms with Crippen LogP contribution in [0.2, 0.25) is 0 Å². The van der Waals surface area contributed by atoms with E-state index >= 15 is 0 Å². The second-order valence-electron chi connectivity index (χ2n) is 6.18. The Hall–Kier alpha value is -4.13. The van der Waals surface area contributed by atoms with Crippen molar-refractivity contribution in [3.8, 4) is 11.5 Å². The Morgan fingerprint density at radius 2 is 1.39 bits per heavy atom. The van der Waals surface area contributed by atoms with E-state index in [0.717, 1.165) is 4.90 Å². The fourth-order valence-corrected chi connectivity index (χ4v) is 2.94. The van der Waals surface area contributed by atoms with Crippen LogP contribution in [0, 0.1) is 0 Å². The van der Waals surface area contributed by atoms with E-state index in [1.807, 2.05) is 0 Å². The first-order valence-corrected chi connectivity index (χ1v) is 8.33. The average molecular weight is 374 g/mol. The van der Waals surface area contributed by atoms with Gasteiger partial charge in [-0.3, -0.25) is 9.59 Å². The zero-order valence-corrected chi connectivity index (χ0v) is 14.5. The maximum Gasteiger partial charge on any atom is 0.335 e. The molecule has 3 aromatic rings. The van der Waals surface area contributed by atoms with Gasteiger partial charge in [0.1, 0.15) is 11.5 Å². The van der Waals surface area contributed by atoms with Gasteiger partial charge in [-0.05, 0) is 66.7 Å². The molecule has 1 heterocycles. The molecule has 0 aliphatic carbocycles. The zero-order valence-electron chi connectivity index (χ0n) is 14.5. The third kappa shape index (κ3) is 2.95. The molecule has 7 nitrogen and oxygen atoms in total. The molecular formula is C21H14N2O5. The molecule has 0 aromatic heterocycles. The zero-order chi connectivity index (χ0) is 19.8. The Balaban J connectivity index is 1.59. The summed E-state index contributed by atoms with van der Waals surface area (Å²) in [5, 5.41) is 9.09. The van der Waals surface area contributed by atoms with E-state index in [1.54, 1.807) is 48.5 Å². The molecule has 3 aromatic carbocycles. The Bertz CT molecular complexity index is 1100. The molecule has 7 heteroatoms. The van der Waals surface area contributed by atoms with Crippen molar-refractivity contribution in [3.05, 3.63) is 83.4 Å². The predicted molar refractivity (Wildman–Crippen MR) is 102 cm³/mol. The summed E-state index contributed by atoms with van der Waals surface area (Å²) in [6.45, 7) is 0. The number of carboxylic acid groups (broad SMARTS) is 1. The van der Waals surface area contributed by atoms with Crippen LogP contribution in [0.5, 0.6) is 11.5 Å². The van der Waals surface area contributed by atoms with Gasteiger partial charge in [-0.15, -0.1) is 0 Å². The number of amides is 2. The summed E-state index contributed by atoms with van der Waals surface area (Å²) in [6.07, 6.45) is 0. The second kappa shape index (κ2) is 6.55. The first kappa shape index (κ1) is 17.3. The molecule has 0 bridgehead atoms. The molecule has 1 aliphatic rings. The van der Waals surface area contributed by atoms with Crippen LogP contribution >= 0.6 is 0 Å². The topological polar surface area (TPSA) is 110 Å². The molecule has 0 spiro atoms. The van der Waals surface area contributed by atoms with Crippen LogP contribution in [0.25, 0.3) is 0 Å². The summed E-state index contributed by atoms with van der Waals surface area (Å²) >= 11 is 0. The van der Waals surface area contributed by atoms with Crippen molar-refractivity contribution in [2.24, 2.45) is 0 Å². The van der Waals surface area contributed by atoms with Crippen molar-refractivity contribution in [3.63, 3.8) is 0 Å². The van der Waals surface area contributed by atoms with Crippen LogP contribution in [0.15, 0.2) is 66.7 Å². The number of imide groups is 1. The third-order valence-electron chi connectivity index (χ3n) is 4.34. The Kier molecular flexibility index (Phi) is 4.04. The van der Waals surface area contributed by atoms with Crippen LogP contribution in [-0.4, -0.2) is 22.9 Å². The molecule has 28 heavy (non-hydrogen) atoms. The smallest absolute Gasteiger partial charge is 0.335 e. The molecule has 0 saturated heterocycles. The lowest BCUT2D eigenvalue weighted by molar-refractivity contribution is 0.0696. The number of anilines is 2. The molecule has 0 fully saturated rings. The number of carbonyl (C=O) groups is 3. The lowest BCUT2D eigenvalue weighted by Gasteiger charge is -2.14. The molecule has 0 radical (unpaired) electrons. The maximum absolute atomic E-state index is 12.7. The molecule has 2 amide bonds. The highest BCUT2D eigenvalue weighted by Gasteiger charge is 2.37. The number of nitrogens with two attached hydrogens (primary N) is 1. The lowest BCUT2D eigenvalue weighted by Crippen LogP contribution is -2.29. The van der Waals surface area contributed by atoms with Gasteiger partial charge in [-0.25, -0.2) is 9.69 Å². The summed E-state index contributed by atoms with van der Waals surface area (Å²) in [6, 6.07) is 17.2. The summed E-state index contributed by atoms with van der Waals surface area (Å²) in [5.74, 6) is -1.09. The van der Waals surface area contributed by atoms with Crippen LogP contribution in [0.4, 0.5) is 11.4 Å². The van der Waals surface area contributed by atoms with Crippen LogP contribution in [-0.2, 0) is 0 Å². The number of rotatable bonds is 4. The summed E-state index contributed by atoms with van der Waals surface area (Å²) in [5.41, 5.74) is 6.84. The Morgan fingerprint density at radius 1 is 0.821 bits per heavy atom. The molecule has 138 valence electrons. The van der Waals surface area contributed by atoms with Gasteiger partial charge in [-0.2, -0.15) is 0 Å². The van der Waals surface area contributed by atoms with Crippen molar-refractivity contribution in [2.75, 3.05) is 10.6 Å². The summed E-state index contributed by atoms with van der Waals surface area (Å²) < 4.78 is 5.70. The van der Waals surface area contributed by atoms with Crippen molar-refractivity contribution >= 4 is 29.2 Å². The minimum absolute atomic E-state index is 0.0472. The number of nitrogen functional groups attached to an aromatic ring is 1. The molecule has 0 unspecified atom stereocenters. The molecule has 4 rings (SSSR count). The number of nitrogens with zero attached hydrogens (tertiary/aromatic N) is 1. The quantitative estimate of drug-likeness (QED) is 0.534. The van der Waals surface area contributed by atoms with Gasteiger partial charge in [0, 0.05) is 5.69 Å². The third-order valence-corrected chi connectivity index (χ3v) is 4.34. The second-order valence-corrected chi connectivity index (χ2v) is 6.18. The molecular weight excluding hydrogens is 360 g/mol. The van der Waals surface area contributed by atoms with E-state index in [-0.39, 0.29) is 16.7 Å². The highest BCUT2D eigenvalue weighted by molar-refractivity contribution is 6.34. The monoisotopic (exact) mass is 374 g/mol. The minimum atomic E-state index is -1.16. The van der Waals surface area contributed by atoms with Crippen molar-refractivity contribution < 1.29 is 24.2 Å². The van der Waals surface area contributed by atoms with Gasteiger partial charge in [-0.1, -0.05) is 0 Å². The number of ether oxygens (including phenoxy) is 1. The van der Waals surface area contributed by atoms with Crippen molar-refractivity contribution in [1.29, 1.82) is 0 Å². The molecule has 3 N–H and O–H groups in total. The molecule has 0 atom stereocenters. The van der Waals surface area contributed by atoms with Gasteiger partial charge in [0.25, 0.3) is 11.8 Å². The van der Waals surface area contributed by atoms with Gasteiger partial charge in [0.15, 0.2) is 0 Å². The first-order valence-electron chi connectivity index (χ1n) is 8.33. The number of carboxylic acids is 1. The normalized spacial score (nSPS) is 12.8. The lowest BCUT2D eigenvalue weighted by atomic mass is 10.1. The van der Waals surface area contributed by atoms with E-state index in [4.69, 9.17) is 15.6 Å². The van der Waals surface area contributed by atoms with E-state index in [2.05, 4.69) is 0 Å². The Morgan fingerprint density at radius 3 is 2.00 bits per heavy atom. The number of benzene rings is 3. The van der Waals surface area contributed by atoms with Crippen LogP contribution < -0.4 is 15.4 Å². The number of aromatic carboxylic acids is 1. The number of hydrogen-bond donors (Lipinski definition) is 2. The fourth-order valence-electron chi connectivity index (χ4n) is 2.94. The first-order chi connectivity index (χ1) is 13.4. The van der Waals surface area contributed by atoms with E-state index in [1.165, 1.54) is 18.2 Å². The standard InChI is InChI=1S/C21H14N2O5/c22-13-2-6-15(7-3-13)28-16-8-4-14(5-9-16)23-19(24)17-10-1-12(21(26)27)11-18(17)20(23)25/h1-11H,22H2,(H,26,27). The SMILES string of the molecule is Nc1ccc(Oc2ccc(N3C(=O)c4ccc(C(=O)O)cc4C3=O)cc2)cc1. The minimum Gasteiger partial charge on any atom is -0.478 e. The van der Waals surface area contributed by atoms with Crippen molar-refractivity contribution in [1.82, 2.24) is 0 Å². The fraction of sp³-hybridized carbons (Fsp3) is 0. The summed E-state index contributed by atoms with van der Waals surface area (Å²) in [4.78, 5) is 37.4. The molecule has 0 saturated carbocycles. The largest absolute Gasteiger partial charge is 0.478 e. The summed E-state index contributed by atoms with van der Waals surface area (Å²) in [7, 11) is 0. The van der Waals surface area contributed by atoms with E-state index in [9.17, 15) is 14.4 Å². The van der Waals surface area contributed by atoms with E-state index in [0.29, 0.717) is 22.9 Å². The van der Waals surface area contributed by atoms with Gasteiger partial charge < -0.3 is 15.6 Å². The van der Waals surface area contributed by atoms with Crippen LogP contribution in [0.1, 0.15) is 31.1 Å². The van der Waals surface area contributed by atoms with Crippen molar-refractivity contribution in [2.45, 2.75) is 0 Å². The maximum atomic E-state index is 12.7. The van der Waals surface area contributed by atoms with Crippen LogP contribution in [0.3, 0.4) is 0 Å². The highest BCUT2D eigenvalue weighted by Crippen LogP contribution is 2.31. The van der Waals surface area contributed by atoms with Gasteiger partial charge >= 0.3 is 5.97 Å². The van der Waals surface area contributed by atoms with Gasteiger partial charge in [0.05, 0.1) is 22.4 Å². The number of carbonyl (C=O) groups excluding carboxylic acids is 2. The highest BCUT2D eigenvalue weighted by atomic mass is 16.5. The Labute approximate surface area is 159 Å². The number of fused-ring (bicyclic) bond motifs is 1. The predicted octanol–water partition coefficient (Wildman–Crippen LogP) is 3.56. The number of hydrogen-bond acceptors (Lipinski definition) is 5. The molecule has 1 aliphatic heterocycles. The van der Waals surface area contributed by atoms with E-state index < -0.39 is 17.8 Å². The average Bonchev–Trinajstić information content (AvgIpc) is 2.94. The van der Waals surface area contributed by atoms with Gasteiger partial charge in [0.2, 0.25) is 0 Å².